The fourth-order valence-corrected chi connectivity index (χ4v) is 2.26. The first-order chi connectivity index (χ1) is 11.2. The lowest BCUT2D eigenvalue weighted by atomic mass is 10.1. The molecule has 0 bridgehead atoms. The molecule has 2 heterocycles. The van der Waals surface area contributed by atoms with Crippen LogP contribution < -0.4 is 0 Å². The summed E-state index contributed by atoms with van der Waals surface area (Å²) < 4.78 is 39.3. The van der Waals surface area contributed by atoms with Crippen LogP contribution in [-0.4, -0.2) is 32.6 Å². The number of benzene rings is 1. The number of imide groups is 1. The lowest BCUT2D eigenvalue weighted by molar-refractivity contribution is -0.138. The van der Waals surface area contributed by atoms with Gasteiger partial charge in [-0.3, -0.25) is 14.3 Å². The molecule has 1 aromatic heterocycles. The third kappa shape index (κ3) is 2.32. The van der Waals surface area contributed by atoms with Crippen LogP contribution in [0.15, 0.2) is 30.5 Å². The molecule has 0 spiro atoms. The molecule has 3 rings (SSSR count). The van der Waals surface area contributed by atoms with Crippen molar-refractivity contribution in [3.05, 3.63) is 52.8 Å². The SMILES string of the molecule is Cn1ncc(C(F)(F)F)c1C(=O)ON1C(=O)c2ccccc2C1=O. The van der Waals surface area contributed by atoms with Crippen LogP contribution >= 0.6 is 0 Å². The molecule has 0 unspecified atom stereocenters. The highest BCUT2D eigenvalue weighted by molar-refractivity contribution is 6.21. The number of nitrogens with zero attached hydrogens (tertiary/aromatic N) is 3. The normalized spacial score (nSPS) is 14.1. The third-order valence-electron chi connectivity index (χ3n) is 3.37. The first-order valence-corrected chi connectivity index (χ1v) is 6.51. The maximum atomic E-state index is 12.9. The van der Waals surface area contributed by atoms with Gasteiger partial charge in [0, 0.05) is 7.05 Å². The van der Waals surface area contributed by atoms with Crippen molar-refractivity contribution >= 4 is 17.8 Å². The fourth-order valence-electron chi connectivity index (χ4n) is 2.26. The van der Waals surface area contributed by atoms with Crippen LogP contribution in [0, 0.1) is 0 Å². The first-order valence-electron chi connectivity index (χ1n) is 6.51. The van der Waals surface area contributed by atoms with Crippen molar-refractivity contribution < 1.29 is 32.4 Å². The van der Waals surface area contributed by atoms with Gasteiger partial charge in [-0.25, -0.2) is 4.79 Å². The zero-order chi connectivity index (χ0) is 17.6. The molecule has 1 aliphatic rings. The lowest BCUT2D eigenvalue weighted by Gasteiger charge is -2.14. The quantitative estimate of drug-likeness (QED) is 0.780. The summed E-state index contributed by atoms with van der Waals surface area (Å²) in [5.74, 6) is -3.38. The van der Waals surface area contributed by atoms with E-state index in [0.29, 0.717) is 10.9 Å². The van der Waals surface area contributed by atoms with Crippen molar-refractivity contribution in [2.45, 2.75) is 6.18 Å². The molecule has 0 radical (unpaired) electrons. The van der Waals surface area contributed by atoms with Gasteiger partial charge in [-0.1, -0.05) is 17.2 Å². The number of aryl methyl sites for hydroxylation is 1. The maximum Gasteiger partial charge on any atom is 0.420 e. The van der Waals surface area contributed by atoms with Crippen LogP contribution in [0.2, 0.25) is 0 Å². The molecule has 0 aliphatic carbocycles. The molecule has 124 valence electrons. The van der Waals surface area contributed by atoms with E-state index >= 15 is 0 Å². The maximum absolute atomic E-state index is 12.9. The standard InChI is InChI=1S/C14H8F3N3O4/c1-19-10(9(6-18-19)14(15,16)17)13(23)24-20-11(21)7-4-2-3-5-8(7)12(20)22/h2-6H,1H3. The fraction of sp³-hybridized carbons (Fsp3) is 0.143. The molecule has 7 nitrogen and oxygen atoms in total. The Labute approximate surface area is 132 Å². The Kier molecular flexibility index (Phi) is 3.39. The van der Waals surface area contributed by atoms with Crippen LogP contribution in [0.1, 0.15) is 36.8 Å². The molecule has 24 heavy (non-hydrogen) atoms. The number of hydrogen-bond donors (Lipinski definition) is 0. The molecule has 2 amide bonds. The summed E-state index contributed by atoms with van der Waals surface area (Å²) in [5.41, 5.74) is -2.25. The van der Waals surface area contributed by atoms with E-state index in [1.165, 1.54) is 24.3 Å². The van der Waals surface area contributed by atoms with E-state index in [1.54, 1.807) is 0 Å². The van der Waals surface area contributed by atoms with Gasteiger partial charge in [0.05, 0.1) is 17.3 Å². The predicted molar refractivity (Wildman–Crippen MR) is 70.6 cm³/mol. The number of hydrogen-bond acceptors (Lipinski definition) is 5. The van der Waals surface area contributed by atoms with Gasteiger partial charge >= 0.3 is 12.1 Å². The van der Waals surface area contributed by atoms with Crippen LogP contribution in [-0.2, 0) is 18.1 Å². The molecule has 0 N–H and O–H groups in total. The van der Waals surface area contributed by atoms with Crippen molar-refractivity contribution in [3.63, 3.8) is 0 Å². The van der Waals surface area contributed by atoms with Crippen molar-refractivity contribution in [3.8, 4) is 0 Å². The van der Waals surface area contributed by atoms with Crippen molar-refractivity contribution in [1.29, 1.82) is 0 Å². The minimum atomic E-state index is -4.84. The van der Waals surface area contributed by atoms with Gasteiger partial charge in [-0.2, -0.15) is 18.3 Å². The number of carbonyl (C=O) groups excluding carboxylic acids is 3. The highest BCUT2D eigenvalue weighted by atomic mass is 19.4. The summed E-state index contributed by atoms with van der Waals surface area (Å²) in [5, 5.41) is 3.50. The summed E-state index contributed by atoms with van der Waals surface area (Å²) in [7, 11) is 1.11. The second-order valence-corrected chi connectivity index (χ2v) is 4.86. The van der Waals surface area contributed by atoms with E-state index in [2.05, 4.69) is 9.94 Å². The smallest absolute Gasteiger partial charge is 0.323 e. The first kappa shape index (κ1) is 15.7. The van der Waals surface area contributed by atoms with Gasteiger partial charge in [0.25, 0.3) is 11.8 Å². The number of halogens is 3. The van der Waals surface area contributed by atoms with Gasteiger partial charge in [0.2, 0.25) is 0 Å². The monoisotopic (exact) mass is 339 g/mol. The van der Waals surface area contributed by atoms with Crippen molar-refractivity contribution in [1.82, 2.24) is 14.8 Å². The average Bonchev–Trinajstić information content (AvgIpc) is 3.02. The Balaban J connectivity index is 1.92. The molecule has 1 aliphatic heterocycles. The molecule has 10 heteroatoms. The molecule has 0 saturated heterocycles. The van der Waals surface area contributed by atoms with Gasteiger partial charge in [-0.05, 0) is 12.1 Å². The molecule has 0 fully saturated rings. The summed E-state index contributed by atoms with van der Waals surface area (Å²) in [4.78, 5) is 40.8. The molecule has 2 aromatic rings. The van der Waals surface area contributed by atoms with Gasteiger partial charge < -0.3 is 4.84 Å². The second kappa shape index (κ2) is 5.18. The molecule has 0 saturated carbocycles. The van der Waals surface area contributed by atoms with Crippen molar-refractivity contribution in [2.24, 2.45) is 7.05 Å². The number of amides is 2. The number of hydroxylamine groups is 2. The Morgan fingerprint density at radius 2 is 1.67 bits per heavy atom. The van der Waals surface area contributed by atoms with Crippen LogP contribution in [0.5, 0.6) is 0 Å². The van der Waals surface area contributed by atoms with Crippen LogP contribution in [0.4, 0.5) is 13.2 Å². The van der Waals surface area contributed by atoms with Crippen LogP contribution in [0.25, 0.3) is 0 Å². The summed E-state index contributed by atoms with van der Waals surface area (Å²) in [6.07, 6.45) is -4.39. The van der Waals surface area contributed by atoms with E-state index in [4.69, 9.17) is 0 Å². The largest absolute Gasteiger partial charge is 0.420 e. The number of fused-ring (bicyclic) bond motifs is 1. The van der Waals surface area contributed by atoms with E-state index < -0.39 is 35.2 Å². The highest BCUT2D eigenvalue weighted by Crippen LogP contribution is 2.32. The Morgan fingerprint density at radius 1 is 1.12 bits per heavy atom. The van der Waals surface area contributed by atoms with E-state index in [0.717, 1.165) is 7.05 Å². The predicted octanol–water partition coefficient (Wildman–Crippen LogP) is 1.81. The topological polar surface area (TPSA) is 81.5 Å². The summed E-state index contributed by atoms with van der Waals surface area (Å²) in [6, 6.07) is 5.68. The lowest BCUT2D eigenvalue weighted by Crippen LogP contribution is -2.34. The molecular formula is C14H8F3N3O4. The Hall–Kier alpha value is -3.17. The number of rotatable bonds is 2. The zero-order valence-corrected chi connectivity index (χ0v) is 12.0. The summed E-state index contributed by atoms with van der Waals surface area (Å²) >= 11 is 0. The molecule has 1 aromatic carbocycles. The van der Waals surface area contributed by atoms with Crippen LogP contribution in [0.3, 0.4) is 0 Å². The van der Waals surface area contributed by atoms with Gasteiger partial charge in [-0.15, -0.1) is 0 Å². The van der Waals surface area contributed by atoms with Gasteiger partial charge in [0.15, 0.2) is 5.69 Å². The average molecular weight is 339 g/mol. The molecule has 0 atom stereocenters. The number of alkyl halides is 3. The van der Waals surface area contributed by atoms with Crippen molar-refractivity contribution in [2.75, 3.05) is 0 Å². The zero-order valence-electron chi connectivity index (χ0n) is 12.0. The minimum absolute atomic E-state index is 0.00338. The van der Waals surface area contributed by atoms with E-state index in [1.807, 2.05) is 0 Å². The van der Waals surface area contributed by atoms with E-state index in [-0.39, 0.29) is 16.2 Å². The highest BCUT2D eigenvalue weighted by Gasteiger charge is 2.42. The van der Waals surface area contributed by atoms with E-state index in [9.17, 15) is 27.6 Å². The second-order valence-electron chi connectivity index (χ2n) is 4.86. The number of aromatic nitrogens is 2. The third-order valence-corrected chi connectivity index (χ3v) is 3.37. The molecular weight excluding hydrogens is 331 g/mol. The Morgan fingerprint density at radius 3 is 2.17 bits per heavy atom. The summed E-state index contributed by atoms with van der Waals surface area (Å²) in [6.45, 7) is 0. The Bertz CT molecular complexity index is 837. The number of carbonyl (C=O) groups is 3. The minimum Gasteiger partial charge on any atom is -0.323 e. The van der Waals surface area contributed by atoms with Gasteiger partial charge in [0.1, 0.15) is 5.56 Å².